The zero-order chi connectivity index (χ0) is 17.1. The van der Waals surface area contributed by atoms with E-state index in [1.807, 2.05) is 12.1 Å². The number of nitrogens with zero attached hydrogens (tertiary/aromatic N) is 2. The molecule has 0 radical (unpaired) electrons. The molecule has 1 aliphatic carbocycles. The average Bonchev–Trinajstić information content (AvgIpc) is 2.59. The zero-order valence-electron chi connectivity index (χ0n) is 13.8. The summed E-state index contributed by atoms with van der Waals surface area (Å²) in [5, 5.41) is 12.7. The fourth-order valence-corrected chi connectivity index (χ4v) is 3.39. The molecule has 24 heavy (non-hydrogen) atoms. The van der Waals surface area contributed by atoms with E-state index in [0.717, 1.165) is 31.6 Å². The molecule has 1 aromatic heterocycles. The van der Waals surface area contributed by atoms with Crippen molar-refractivity contribution in [1.29, 1.82) is 5.26 Å². The van der Waals surface area contributed by atoms with Gasteiger partial charge in [-0.05, 0) is 43.7 Å². The second kappa shape index (κ2) is 6.88. The molecule has 0 aliphatic heterocycles. The number of carbonyl (C=O) groups is 1. The topological polar surface area (TPSA) is 74.9 Å². The van der Waals surface area contributed by atoms with Gasteiger partial charge in [0.05, 0.1) is 5.52 Å². The summed E-state index contributed by atoms with van der Waals surface area (Å²) in [5.41, 5.74) is 0.452. The third-order valence-corrected chi connectivity index (χ3v) is 4.80. The van der Waals surface area contributed by atoms with Gasteiger partial charge < -0.3 is 9.88 Å². The van der Waals surface area contributed by atoms with Crippen molar-refractivity contribution < 1.29 is 4.79 Å². The molecular weight excluding hydrogens is 302 g/mol. The predicted molar refractivity (Wildman–Crippen MR) is 92.5 cm³/mol. The Hall–Kier alpha value is -2.61. The molecule has 1 amide bonds. The average molecular weight is 323 g/mol. The minimum atomic E-state index is -0.286. The number of pyridine rings is 1. The lowest BCUT2D eigenvalue weighted by Crippen LogP contribution is -2.39. The van der Waals surface area contributed by atoms with E-state index in [0.29, 0.717) is 10.9 Å². The van der Waals surface area contributed by atoms with E-state index in [2.05, 4.69) is 12.2 Å². The molecule has 0 saturated heterocycles. The van der Waals surface area contributed by atoms with Crippen molar-refractivity contribution >= 4 is 16.8 Å². The van der Waals surface area contributed by atoms with Gasteiger partial charge in [-0.15, -0.1) is 0 Å². The summed E-state index contributed by atoms with van der Waals surface area (Å²) in [6.07, 6.45) is 5.80. The van der Waals surface area contributed by atoms with E-state index >= 15 is 0 Å². The van der Waals surface area contributed by atoms with Gasteiger partial charge in [0, 0.05) is 17.6 Å². The monoisotopic (exact) mass is 323 g/mol. The number of para-hydroxylation sites is 1. The van der Waals surface area contributed by atoms with Crippen LogP contribution in [0.5, 0.6) is 0 Å². The molecule has 5 nitrogen and oxygen atoms in total. The van der Waals surface area contributed by atoms with Gasteiger partial charge in [-0.1, -0.05) is 19.1 Å². The van der Waals surface area contributed by atoms with Crippen molar-refractivity contribution in [2.45, 2.75) is 45.2 Å². The molecule has 1 aromatic carbocycles. The number of nitrogens with one attached hydrogen (secondary N) is 1. The standard InChI is InChI=1S/C19H21N3O2/c1-13-6-8-15(9-7-13)21-18(23)12-22-11-14(10-20)19(24)16-4-2-3-5-17(16)22/h2-5,11,13,15H,6-9,12H2,1H3,(H,21,23). The summed E-state index contributed by atoms with van der Waals surface area (Å²) in [6.45, 7) is 2.36. The lowest BCUT2D eigenvalue weighted by Gasteiger charge is -2.27. The Morgan fingerprint density at radius 3 is 2.71 bits per heavy atom. The molecule has 124 valence electrons. The Labute approximate surface area is 140 Å². The Balaban J connectivity index is 1.82. The van der Waals surface area contributed by atoms with Gasteiger partial charge >= 0.3 is 0 Å². The molecule has 0 atom stereocenters. The first-order valence-electron chi connectivity index (χ1n) is 8.40. The second-order valence-electron chi connectivity index (χ2n) is 6.65. The smallest absolute Gasteiger partial charge is 0.240 e. The Bertz CT molecular complexity index is 855. The molecule has 0 unspecified atom stereocenters. The van der Waals surface area contributed by atoms with Crippen LogP contribution in [0, 0.1) is 17.2 Å². The minimum absolute atomic E-state index is 0.0630. The largest absolute Gasteiger partial charge is 0.352 e. The van der Waals surface area contributed by atoms with Crippen molar-refractivity contribution in [2.75, 3.05) is 0 Å². The summed E-state index contributed by atoms with van der Waals surface area (Å²) in [5.74, 6) is 0.659. The molecule has 1 saturated carbocycles. The molecule has 1 fully saturated rings. The fraction of sp³-hybridized carbons (Fsp3) is 0.421. The quantitative estimate of drug-likeness (QED) is 0.943. The molecular formula is C19H21N3O2. The Morgan fingerprint density at radius 2 is 2.00 bits per heavy atom. The van der Waals surface area contributed by atoms with Crippen LogP contribution in [0.25, 0.3) is 10.9 Å². The fourth-order valence-electron chi connectivity index (χ4n) is 3.39. The Morgan fingerprint density at radius 1 is 1.29 bits per heavy atom. The third-order valence-electron chi connectivity index (χ3n) is 4.80. The van der Waals surface area contributed by atoms with Crippen LogP contribution in [-0.2, 0) is 11.3 Å². The van der Waals surface area contributed by atoms with E-state index in [-0.39, 0.29) is 29.5 Å². The number of benzene rings is 1. The molecule has 1 heterocycles. The number of amides is 1. The normalized spacial score (nSPS) is 20.5. The predicted octanol–water partition coefficient (Wildman–Crippen LogP) is 2.57. The molecule has 5 heteroatoms. The highest BCUT2D eigenvalue weighted by Gasteiger charge is 2.20. The first-order chi connectivity index (χ1) is 11.6. The number of aromatic nitrogens is 1. The highest BCUT2D eigenvalue weighted by atomic mass is 16.2. The summed E-state index contributed by atoms with van der Waals surface area (Å²) in [4.78, 5) is 24.6. The van der Waals surface area contributed by atoms with Gasteiger partial charge in [0.15, 0.2) is 0 Å². The molecule has 1 N–H and O–H groups in total. The van der Waals surface area contributed by atoms with E-state index in [4.69, 9.17) is 5.26 Å². The second-order valence-corrected chi connectivity index (χ2v) is 6.65. The minimum Gasteiger partial charge on any atom is -0.352 e. The van der Waals surface area contributed by atoms with E-state index in [1.54, 1.807) is 22.8 Å². The van der Waals surface area contributed by atoms with Gasteiger partial charge in [0.2, 0.25) is 11.3 Å². The highest BCUT2D eigenvalue weighted by molar-refractivity contribution is 5.83. The van der Waals surface area contributed by atoms with Crippen LogP contribution >= 0.6 is 0 Å². The molecule has 2 aromatic rings. The first kappa shape index (κ1) is 16.3. The maximum absolute atomic E-state index is 12.4. The number of fused-ring (bicyclic) bond motifs is 1. The van der Waals surface area contributed by atoms with Crippen molar-refractivity contribution in [1.82, 2.24) is 9.88 Å². The van der Waals surface area contributed by atoms with Crippen LogP contribution < -0.4 is 10.7 Å². The van der Waals surface area contributed by atoms with E-state index < -0.39 is 0 Å². The number of hydrogen-bond donors (Lipinski definition) is 1. The number of nitriles is 1. The molecule has 3 rings (SSSR count). The van der Waals surface area contributed by atoms with Gasteiger partial charge in [-0.25, -0.2) is 0 Å². The van der Waals surface area contributed by atoms with Crippen LogP contribution in [-0.4, -0.2) is 16.5 Å². The lowest BCUT2D eigenvalue weighted by molar-refractivity contribution is -0.122. The Kier molecular flexibility index (Phi) is 4.66. The lowest BCUT2D eigenvalue weighted by atomic mass is 9.87. The van der Waals surface area contributed by atoms with Gasteiger partial charge in [-0.3, -0.25) is 9.59 Å². The van der Waals surface area contributed by atoms with Crippen LogP contribution in [0.1, 0.15) is 38.2 Å². The van der Waals surface area contributed by atoms with Gasteiger partial charge in [0.25, 0.3) is 0 Å². The SMILES string of the molecule is CC1CCC(NC(=O)Cn2cc(C#N)c(=O)c3ccccc32)CC1. The van der Waals surface area contributed by atoms with Gasteiger partial charge in [0.1, 0.15) is 18.2 Å². The van der Waals surface area contributed by atoms with E-state index in [9.17, 15) is 9.59 Å². The third kappa shape index (κ3) is 3.33. The van der Waals surface area contributed by atoms with Crippen LogP contribution in [0.2, 0.25) is 0 Å². The maximum atomic E-state index is 12.4. The number of carbonyl (C=O) groups excluding carboxylic acids is 1. The number of rotatable bonds is 3. The van der Waals surface area contributed by atoms with Crippen molar-refractivity contribution in [3.8, 4) is 6.07 Å². The first-order valence-corrected chi connectivity index (χ1v) is 8.40. The van der Waals surface area contributed by atoms with Crippen LogP contribution in [0.4, 0.5) is 0 Å². The van der Waals surface area contributed by atoms with Crippen LogP contribution in [0.3, 0.4) is 0 Å². The van der Waals surface area contributed by atoms with Crippen LogP contribution in [0.15, 0.2) is 35.3 Å². The van der Waals surface area contributed by atoms with Crippen molar-refractivity contribution in [3.05, 3.63) is 46.2 Å². The van der Waals surface area contributed by atoms with Gasteiger partial charge in [-0.2, -0.15) is 5.26 Å². The highest BCUT2D eigenvalue weighted by Crippen LogP contribution is 2.23. The summed E-state index contributed by atoms with van der Waals surface area (Å²) < 4.78 is 1.69. The zero-order valence-corrected chi connectivity index (χ0v) is 13.8. The van der Waals surface area contributed by atoms with Crippen molar-refractivity contribution in [3.63, 3.8) is 0 Å². The summed E-state index contributed by atoms with van der Waals surface area (Å²) >= 11 is 0. The molecule has 0 bridgehead atoms. The molecule has 0 spiro atoms. The summed E-state index contributed by atoms with van der Waals surface area (Å²) in [6, 6.07) is 9.23. The maximum Gasteiger partial charge on any atom is 0.240 e. The van der Waals surface area contributed by atoms with Crippen molar-refractivity contribution in [2.24, 2.45) is 5.92 Å². The molecule has 1 aliphatic rings. The summed E-state index contributed by atoms with van der Waals surface area (Å²) in [7, 11) is 0. The number of hydrogen-bond acceptors (Lipinski definition) is 3. The van der Waals surface area contributed by atoms with E-state index in [1.165, 1.54) is 6.20 Å².